The summed E-state index contributed by atoms with van der Waals surface area (Å²) in [4.78, 5) is 21.5. The van der Waals surface area contributed by atoms with Gasteiger partial charge in [0.25, 0.3) is 0 Å². The zero-order valence-electron chi connectivity index (χ0n) is 14.7. The first-order chi connectivity index (χ1) is 13.0. The predicted molar refractivity (Wildman–Crippen MR) is 94.4 cm³/mol. The molecule has 1 aliphatic heterocycles. The number of aromatic nitrogens is 2. The Balaban J connectivity index is 1.68. The zero-order valence-corrected chi connectivity index (χ0v) is 14.7. The molecule has 1 aromatic carbocycles. The largest absolute Gasteiger partial charge is 0.394 e. The number of benzene rings is 1. The van der Waals surface area contributed by atoms with Crippen molar-refractivity contribution in [3.05, 3.63) is 58.6 Å². The first kappa shape index (κ1) is 19.4. The molecule has 1 saturated heterocycles. The summed E-state index contributed by atoms with van der Waals surface area (Å²) in [6, 6.07) is 11.0. The third kappa shape index (κ3) is 4.33. The molecule has 3 N–H and O–H groups in total. The van der Waals surface area contributed by atoms with Crippen LogP contribution in [0.4, 0.5) is 10.2 Å². The number of ether oxygens (including phenoxy) is 1. The van der Waals surface area contributed by atoms with Crippen LogP contribution in [0, 0.1) is 5.92 Å². The van der Waals surface area contributed by atoms with E-state index in [1.54, 1.807) is 0 Å². The Labute approximate surface area is 155 Å². The summed E-state index contributed by atoms with van der Waals surface area (Å²) in [5, 5.41) is 19.0. The van der Waals surface area contributed by atoms with Crippen LogP contribution in [-0.2, 0) is 16.2 Å². The molecule has 146 valence electrons. The second kappa shape index (κ2) is 8.57. The van der Waals surface area contributed by atoms with Gasteiger partial charge in [0, 0.05) is 12.1 Å². The summed E-state index contributed by atoms with van der Waals surface area (Å²) in [6.45, 7) is 1.25. The van der Waals surface area contributed by atoms with E-state index >= 15 is 0 Å². The van der Waals surface area contributed by atoms with Crippen molar-refractivity contribution in [1.82, 2.24) is 9.55 Å². The second-order valence-corrected chi connectivity index (χ2v) is 6.42. The van der Waals surface area contributed by atoms with E-state index in [1.807, 2.05) is 30.3 Å². The van der Waals surface area contributed by atoms with Crippen LogP contribution in [0.1, 0.15) is 18.7 Å². The maximum Gasteiger partial charge on any atom is 0.351 e. The fraction of sp³-hybridized carbons (Fsp3) is 0.444. The van der Waals surface area contributed by atoms with Gasteiger partial charge in [0.1, 0.15) is 24.6 Å². The zero-order chi connectivity index (χ0) is 19.4. The monoisotopic (exact) mass is 379 g/mol. The lowest BCUT2D eigenvalue weighted by molar-refractivity contribution is -0.213. The number of alkyl halides is 1. The molecular formula is C18H22FN3O5. The summed E-state index contributed by atoms with van der Waals surface area (Å²) in [6.07, 6.45) is -3.78. The van der Waals surface area contributed by atoms with Crippen LogP contribution in [0.15, 0.2) is 47.4 Å². The normalized spacial score (nSPS) is 28.1. The van der Waals surface area contributed by atoms with Crippen molar-refractivity contribution < 1.29 is 24.2 Å². The lowest BCUT2D eigenvalue weighted by atomic mass is 9.92. The standard InChI is InChI=1S/C18H22FN3O5/c1-11-15(19)16(24)13(9-23)27-17(11)22-8-7-14(20-18(22)25)21-26-10-12-5-3-2-4-6-12/h2-8,11,13,15-17,23-24H,9-10H2,1H3,(H,20,21,25)/t11?,13-,15?,16?,17-/m1/s1. The molecule has 2 heterocycles. The summed E-state index contributed by atoms with van der Waals surface area (Å²) < 4.78 is 20.9. The highest BCUT2D eigenvalue weighted by molar-refractivity contribution is 5.29. The topological polar surface area (TPSA) is 106 Å². The van der Waals surface area contributed by atoms with Gasteiger partial charge in [-0.15, -0.1) is 0 Å². The summed E-state index contributed by atoms with van der Waals surface area (Å²) >= 11 is 0. The third-order valence-electron chi connectivity index (χ3n) is 4.52. The van der Waals surface area contributed by atoms with Crippen molar-refractivity contribution in [3.8, 4) is 0 Å². The van der Waals surface area contributed by atoms with E-state index in [1.165, 1.54) is 19.2 Å². The lowest BCUT2D eigenvalue weighted by Crippen LogP contribution is -2.52. The molecule has 0 radical (unpaired) electrons. The molecule has 3 rings (SSSR count). The van der Waals surface area contributed by atoms with Crippen molar-refractivity contribution in [2.45, 2.75) is 38.1 Å². The van der Waals surface area contributed by atoms with E-state index in [2.05, 4.69) is 10.5 Å². The second-order valence-electron chi connectivity index (χ2n) is 6.42. The average molecular weight is 379 g/mol. The van der Waals surface area contributed by atoms with Gasteiger partial charge in [0.2, 0.25) is 0 Å². The van der Waals surface area contributed by atoms with Crippen LogP contribution in [-0.4, -0.2) is 44.8 Å². The summed E-state index contributed by atoms with van der Waals surface area (Å²) in [5.41, 5.74) is 2.87. The van der Waals surface area contributed by atoms with Gasteiger partial charge >= 0.3 is 5.69 Å². The molecular weight excluding hydrogens is 357 g/mol. The van der Waals surface area contributed by atoms with Crippen LogP contribution in [0.3, 0.4) is 0 Å². The maximum absolute atomic E-state index is 14.3. The molecule has 1 aromatic heterocycles. The van der Waals surface area contributed by atoms with Crippen molar-refractivity contribution in [2.24, 2.45) is 5.92 Å². The van der Waals surface area contributed by atoms with Crippen molar-refractivity contribution in [2.75, 3.05) is 12.1 Å². The number of nitrogens with one attached hydrogen (secondary N) is 1. The Hall–Kier alpha value is -2.33. The van der Waals surface area contributed by atoms with E-state index in [4.69, 9.17) is 9.57 Å². The van der Waals surface area contributed by atoms with Crippen LogP contribution >= 0.6 is 0 Å². The molecule has 1 aliphatic rings. The van der Waals surface area contributed by atoms with Gasteiger partial charge in [-0.25, -0.2) is 14.7 Å². The smallest absolute Gasteiger partial charge is 0.351 e. The number of hydrogen-bond donors (Lipinski definition) is 3. The number of hydrogen-bond acceptors (Lipinski definition) is 7. The molecule has 5 atom stereocenters. The molecule has 0 aliphatic carbocycles. The Bertz CT molecular complexity index is 801. The minimum atomic E-state index is -1.64. The van der Waals surface area contributed by atoms with E-state index < -0.39 is 42.8 Å². The number of nitrogens with zero attached hydrogens (tertiary/aromatic N) is 2. The number of aliphatic hydroxyl groups excluding tert-OH is 2. The third-order valence-corrected chi connectivity index (χ3v) is 4.52. The van der Waals surface area contributed by atoms with Gasteiger partial charge in [0.15, 0.2) is 5.82 Å². The molecule has 27 heavy (non-hydrogen) atoms. The summed E-state index contributed by atoms with van der Waals surface area (Å²) in [7, 11) is 0. The first-order valence-corrected chi connectivity index (χ1v) is 8.60. The fourth-order valence-corrected chi connectivity index (χ4v) is 2.96. The lowest BCUT2D eigenvalue weighted by Gasteiger charge is -2.40. The van der Waals surface area contributed by atoms with Crippen LogP contribution in [0.2, 0.25) is 0 Å². The molecule has 0 amide bonds. The molecule has 0 saturated carbocycles. The van der Waals surface area contributed by atoms with Crippen molar-refractivity contribution in [1.29, 1.82) is 0 Å². The first-order valence-electron chi connectivity index (χ1n) is 8.60. The predicted octanol–water partition coefficient (Wildman–Crippen LogP) is 1.01. The van der Waals surface area contributed by atoms with Gasteiger partial charge in [0.05, 0.1) is 13.2 Å². The highest BCUT2D eigenvalue weighted by Gasteiger charge is 2.44. The minimum absolute atomic E-state index is 0.200. The highest BCUT2D eigenvalue weighted by Crippen LogP contribution is 2.33. The SMILES string of the molecule is CC1C(F)C(O)[C@@H](CO)O[C@H]1n1ccc(NOCc2ccccc2)nc1=O. The van der Waals surface area contributed by atoms with Crippen LogP contribution in [0.25, 0.3) is 0 Å². The molecule has 2 aromatic rings. The van der Waals surface area contributed by atoms with Crippen molar-refractivity contribution >= 4 is 5.82 Å². The number of aliphatic hydroxyl groups is 2. The molecule has 1 fully saturated rings. The maximum atomic E-state index is 14.3. The van der Waals surface area contributed by atoms with Gasteiger partial charge < -0.3 is 14.9 Å². The molecule has 8 nitrogen and oxygen atoms in total. The van der Waals surface area contributed by atoms with E-state index in [-0.39, 0.29) is 12.4 Å². The van der Waals surface area contributed by atoms with Gasteiger partial charge in [-0.05, 0) is 11.6 Å². The minimum Gasteiger partial charge on any atom is -0.394 e. The van der Waals surface area contributed by atoms with E-state index in [0.717, 1.165) is 10.1 Å². The summed E-state index contributed by atoms with van der Waals surface area (Å²) in [5.74, 6) is -0.596. The van der Waals surface area contributed by atoms with Gasteiger partial charge in [-0.3, -0.25) is 9.40 Å². The van der Waals surface area contributed by atoms with Gasteiger partial charge in [-0.2, -0.15) is 4.98 Å². The quantitative estimate of drug-likeness (QED) is 0.643. The average Bonchev–Trinajstić information content (AvgIpc) is 2.68. The van der Waals surface area contributed by atoms with Crippen LogP contribution < -0.4 is 11.2 Å². The Kier molecular flexibility index (Phi) is 6.17. The Morgan fingerprint density at radius 3 is 2.74 bits per heavy atom. The fourth-order valence-electron chi connectivity index (χ4n) is 2.96. The van der Waals surface area contributed by atoms with E-state index in [0.29, 0.717) is 0 Å². The Morgan fingerprint density at radius 2 is 2.07 bits per heavy atom. The Morgan fingerprint density at radius 1 is 1.33 bits per heavy atom. The number of anilines is 1. The van der Waals surface area contributed by atoms with Crippen LogP contribution in [0.5, 0.6) is 0 Å². The number of halogens is 1. The molecule has 0 bridgehead atoms. The molecule has 3 unspecified atom stereocenters. The number of rotatable bonds is 6. The van der Waals surface area contributed by atoms with E-state index in [9.17, 15) is 19.4 Å². The molecule has 9 heteroatoms. The molecule has 0 spiro atoms. The van der Waals surface area contributed by atoms with Crippen molar-refractivity contribution in [3.63, 3.8) is 0 Å². The van der Waals surface area contributed by atoms with Gasteiger partial charge in [-0.1, -0.05) is 37.3 Å². The highest BCUT2D eigenvalue weighted by atomic mass is 19.1.